The van der Waals surface area contributed by atoms with Crippen molar-refractivity contribution < 1.29 is 5.11 Å². The maximum atomic E-state index is 10.2. The van der Waals surface area contributed by atoms with E-state index in [1.807, 2.05) is 23.8 Å². The molecule has 4 heteroatoms. The summed E-state index contributed by atoms with van der Waals surface area (Å²) in [6, 6.07) is 1.86. The molecule has 0 bridgehead atoms. The highest BCUT2D eigenvalue weighted by molar-refractivity contribution is 5.24. The van der Waals surface area contributed by atoms with E-state index in [2.05, 4.69) is 16.9 Å². The summed E-state index contributed by atoms with van der Waals surface area (Å²) >= 11 is 0. The van der Waals surface area contributed by atoms with E-state index in [1.165, 1.54) is 0 Å². The maximum absolute atomic E-state index is 10.2. The lowest BCUT2D eigenvalue weighted by molar-refractivity contribution is 0.173. The van der Waals surface area contributed by atoms with Crippen LogP contribution >= 0.6 is 0 Å². The van der Waals surface area contributed by atoms with Gasteiger partial charge in [0.2, 0.25) is 0 Å². The number of nitrogens with zero attached hydrogens (tertiary/aromatic N) is 3. The number of hydrogen-bond donors (Lipinski definition) is 1. The van der Waals surface area contributed by atoms with Crippen molar-refractivity contribution in [2.75, 3.05) is 0 Å². The number of hydrogen-bond acceptors (Lipinski definition) is 3. The molecular weight excluding hydrogens is 214 g/mol. The van der Waals surface area contributed by atoms with E-state index < -0.39 is 6.10 Å². The van der Waals surface area contributed by atoms with Gasteiger partial charge >= 0.3 is 0 Å². The van der Waals surface area contributed by atoms with Crippen molar-refractivity contribution in [2.24, 2.45) is 0 Å². The van der Waals surface area contributed by atoms with Gasteiger partial charge < -0.3 is 9.67 Å². The lowest BCUT2D eigenvalue weighted by Crippen LogP contribution is -2.09. The Labute approximate surface area is 101 Å². The second kappa shape index (κ2) is 5.10. The Bertz CT molecular complexity index is 493. The van der Waals surface area contributed by atoms with Crippen LogP contribution in [0.5, 0.6) is 0 Å². The molecule has 1 N–H and O–H groups in total. The molecule has 0 aliphatic rings. The molecule has 0 spiro atoms. The van der Waals surface area contributed by atoms with E-state index in [9.17, 15) is 5.11 Å². The Hall–Kier alpha value is -1.68. The monoisotopic (exact) mass is 231 g/mol. The summed E-state index contributed by atoms with van der Waals surface area (Å²) in [5.74, 6) is 0.913. The number of aliphatic hydroxyl groups excluding tert-OH is 1. The van der Waals surface area contributed by atoms with Crippen LogP contribution in [0.2, 0.25) is 0 Å². The fourth-order valence-corrected chi connectivity index (χ4v) is 1.96. The molecule has 0 saturated carbocycles. The van der Waals surface area contributed by atoms with Gasteiger partial charge in [0, 0.05) is 37.8 Å². The van der Waals surface area contributed by atoms with Crippen LogP contribution < -0.4 is 0 Å². The predicted octanol–water partition coefficient (Wildman–Crippen LogP) is 1.88. The SMILES string of the molecule is CCn1ccnc1CC(O)c1ccncc1C. The van der Waals surface area contributed by atoms with Crippen LogP contribution in [-0.4, -0.2) is 19.6 Å². The van der Waals surface area contributed by atoms with Crippen LogP contribution in [0.1, 0.15) is 30.0 Å². The Morgan fingerprint density at radius 2 is 2.24 bits per heavy atom. The quantitative estimate of drug-likeness (QED) is 0.874. The zero-order valence-electron chi connectivity index (χ0n) is 10.2. The molecule has 17 heavy (non-hydrogen) atoms. The van der Waals surface area contributed by atoms with Crippen molar-refractivity contribution in [3.05, 3.63) is 47.8 Å². The molecule has 2 aromatic rings. The van der Waals surface area contributed by atoms with Crippen LogP contribution in [-0.2, 0) is 13.0 Å². The van der Waals surface area contributed by atoms with Gasteiger partial charge in [-0.2, -0.15) is 0 Å². The number of aliphatic hydroxyl groups is 1. The van der Waals surface area contributed by atoms with Crippen molar-refractivity contribution >= 4 is 0 Å². The number of rotatable bonds is 4. The molecule has 2 aromatic heterocycles. The number of imidazole rings is 1. The Kier molecular flexibility index (Phi) is 3.54. The molecule has 0 aromatic carbocycles. The van der Waals surface area contributed by atoms with Crippen molar-refractivity contribution in [1.82, 2.24) is 14.5 Å². The predicted molar refractivity (Wildman–Crippen MR) is 65.5 cm³/mol. The molecule has 1 unspecified atom stereocenters. The molecule has 2 heterocycles. The molecule has 90 valence electrons. The van der Waals surface area contributed by atoms with Gasteiger partial charge in [-0.25, -0.2) is 4.98 Å². The molecule has 2 rings (SSSR count). The van der Waals surface area contributed by atoms with Crippen molar-refractivity contribution in [2.45, 2.75) is 32.9 Å². The number of aromatic nitrogens is 3. The fraction of sp³-hybridized carbons (Fsp3) is 0.385. The van der Waals surface area contributed by atoms with Gasteiger partial charge in [0.05, 0.1) is 6.10 Å². The first kappa shape index (κ1) is 11.8. The van der Waals surface area contributed by atoms with Gasteiger partial charge in [-0.15, -0.1) is 0 Å². The minimum Gasteiger partial charge on any atom is -0.388 e. The largest absolute Gasteiger partial charge is 0.388 e. The van der Waals surface area contributed by atoms with E-state index >= 15 is 0 Å². The normalized spacial score (nSPS) is 12.6. The van der Waals surface area contributed by atoms with Crippen LogP contribution in [0, 0.1) is 6.92 Å². The first-order valence-electron chi connectivity index (χ1n) is 5.81. The molecule has 0 aliphatic carbocycles. The van der Waals surface area contributed by atoms with Gasteiger partial charge in [0.15, 0.2) is 0 Å². The highest BCUT2D eigenvalue weighted by Gasteiger charge is 2.13. The molecular formula is C13H17N3O. The highest BCUT2D eigenvalue weighted by Crippen LogP contribution is 2.19. The van der Waals surface area contributed by atoms with Crippen LogP contribution in [0.4, 0.5) is 0 Å². The van der Waals surface area contributed by atoms with E-state index in [1.54, 1.807) is 18.6 Å². The fourth-order valence-electron chi connectivity index (χ4n) is 1.96. The first-order valence-corrected chi connectivity index (χ1v) is 5.81. The summed E-state index contributed by atoms with van der Waals surface area (Å²) < 4.78 is 2.04. The number of aryl methyl sites for hydroxylation is 2. The molecule has 0 aliphatic heterocycles. The molecule has 4 nitrogen and oxygen atoms in total. The molecule has 0 amide bonds. The minimum absolute atomic E-state index is 0.523. The minimum atomic E-state index is -0.523. The standard InChI is InChI=1S/C13H17N3O/c1-3-16-7-6-15-13(16)8-12(17)11-4-5-14-9-10(11)2/h4-7,9,12,17H,3,8H2,1-2H3. The zero-order chi connectivity index (χ0) is 12.3. The van der Waals surface area contributed by atoms with E-state index in [0.717, 1.165) is 23.5 Å². The Morgan fingerprint density at radius 1 is 1.41 bits per heavy atom. The summed E-state index contributed by atoms with van der Waals surface area (Å²) in [6.45, 7) is 4.89. The average Bonchev–Trinajstić information content (AvgIpc) is 2.76. The highest BCUT2D eigenvalue weighted by atomic mass is 16.3. The van der Waals surface area contributed by atoms with Gasteiger partial charge in [-0.1, -0.05) is 0 Å². The summed E-state index contributed by atoms with van der Waals surface area (Å²) in [7, 11) is 0. The van der Waals surface area contributed by atoms with E-state index in [0.29, 0.717) is 6.42 Å². The third-order valence-electron chi connectivity index (χ3n) is 2.94. The Balaban J connectivity index is 2.17. The van der Waals surface area contributed by atoms with Crippen molar-refractivity contribution in [1.29, 1.82) is 0 Å². The third kappa shape index (κ3) is 2.53. The van der Waals surface area contributed by atoms with Crippen LogP contribution in [0.3, 0.4) is 0 Å². The smallest absolute Gasteiger partial charge is 0.111 e. The van der Waals surface area contributed by atoms with Gasteiger partial charge in [0.1, 0.15) is 5.82 Å². The van der Waals surface area contributed by atoms with Crippen LogP contribution in [0.15, 0.2) is 30.9 Å². The molecule has 1 atom stereocenters. The summed E-state index contributed by atoms with van der Waals surface area (Å²) in [6.07, 6.45) is 7.19. The third-order valence-corrected chi connectivity index (χ3v) is 2.94. The average molecular weight is 231 g/mol. The van der Waals surface area contributed by atoms with Crippen molar-refractivity contribution in [3.8, 4) is 0 Å². The second-order valence-corrected chi connectivity index (χ2v) is 4.08. The van der Waals surface area contributed by atoms with Gasteiger partial charge in [-0.3, -0.25) is 4.98 Å². The van der Waals surface area contributed by atoms with E-state index in [-0.39, 0.29) is 0 Å². The Morgan fingerprint density at radius 3 is 2.94 bits per heavy atom. The lowest BCUT2D eigenvalue weighted by Gasteiger charge is -2.13. The summed E-state index contributed by atoms with van der Waals surface area (Å²) in [5, 5.41) is 10.2. The zero-order valence-corrected chi connectivity index (χ0v) is 10.2. The van der Waals surface area contributed by atoms with Crippen molar-refractivity contribution in [3.63, 3.8) is 0 Å². The topological polar surface area (TPSA) is 50.9 Å². The second-order valence-electron chi connectivity index (χ2n) is 4.08. The van der Waals surface area contributed by atoms with Crippen LogP contribution in [0.25, 0.3) is 0 Å². The summed E-state index contributed by atoms with van der Waals surface area (Å²) in [5.41, 5.74) is 1.93. The van der Waals surface area contributed by atoms with Gasteiger partial charge in [0.25, 0.3) is 0 Å². The number of pyridine rings is 1. The van der Waals surface area contributed by atoms with E-state index in [4.69, 9.17) is 0 Å². The summed E-state index contributed by atoms with van der Waals surface area (Å²) in [4.78, 5) is 8.30. The molecule has 0 radical (unpaired) electrons. The maximum Gasteiger partial charge on any atom is 0.111 e. The first-order chi connectivity index (χ1) is 8.22. The molecule has 0 saturated heterocycles. The molecule has 0 fully saturated rings. The lowest BCUT2D eigenvalue weighted by atomic mass is 10.0. The van der Waals surface area contributed by atoms with Gasteiger partial charge in [-0.05, 0) is 31.0 Å².